The number of benzene rings is 2. The van der Waals surface area contributed by atoms with E-state index in [0.29, 0.717) is 0 Å². The molecule has 3 N–H and O–H groups in total. The van der Waals surface area contributed by atoms with Gasteiger partial charge >= 0.3 is 0 Å². The number of nitrogens with one attached hydrogen (secondary N) is 1. The molecule has 0 amide bonds. The van der Waals surface area contributed by atoms with Crippen molar-refractivity contribution in [2.45, 2.75) is 32.6 Å². The second-order valence-corrected chi connectivity index (χ2v) is 5.15. The van der Waals surface area contributed by atoms with E-state index >= 15 is 0 Å². The molecule has 0 aliphatic rings. The second-order valence-electron chi connectivity index (χ2n) is 5.15. The van der Waals surface area contributed by atoms with Crippen molar-refractivity contribution in [3.63, 3.8) is 0 Å². The smallest absolute Gasteiger partial charge is 0.122 e. The molecule has 20 heavy (non-hydrogen) atoms. The Bertz CT molecular complexity index is 553. The summed E-state index contributed by atoms with van der Waals surface area (Å²) in [6.45, 7) is 2.23. The van der Waals surface area contributed by atoms with Crippen LogP contribution in [0.15, 0.2) is 48.5 Å². The summed E-state index contributed by atoms with van der Waals surface area (Å²) in [5.41, 5.74) is 10.0. The fourth-order valence-electron chi connectivity index (χ4n) is 2.29. The summed E-state index contributed by atoms with van der Waals surface area (Å²) in [5.74, 6) is 0.114. The van der Waals surface area contributed by atoms with Crippen LogP contribution in [0.1, 0.15) is 37.3 Å². The first-order valence-corrected chi connectivity index (χ1v) is 7.24. The van der Waals surface area contributed by atoms with E-state index in [1.165, 1.54) is 30.4 Å². The highest BCUT2D eigenvalue weighted by atomic mass is 14.7. The molecule has 2 nitrogen and oxygen atoms in total. The molecule has 0 radical (unpaired) electrons. The van der Waals surface area contributed by atoms with Crippen LogP contribution >= 0.6 is 0 Å². The monoisotopic (exact) mass is 266 g/mol. The largest absolute Gasteiger partial charge is 0.384 e. The standard InChI is InChI=1S/C18H22N2/c1-2-3-4-5-14-6-8-15(9-7-14)16-10-12-17(13-11-16)18(19)20/h6-13H,2-5H2,1H3,(H3,19,20). The Kier molecular flexibility index (Phi) is 4.94. The van der Waals surface area contributed by atoms with Crippen molar-refractivity contribution in [1.29, 1.82) is 5.41 Å². The highest BCUT2D eigenvalue weighted by Crippen LogP contribution is 2.21. The number of rotatable bonds is 6. The Balaban J connectivity index is 2.07. The minimum Gasteiger partial charge on any atom is -0.384 e. The molecule has 104 valence electrons. The molecule has 0 aliphatic heterocycles. The molecule has 2 aromatic carbocycles. The van der Waals surface area contributed by atoms with Gasteiger partial charge in [0, 0.05) is 5.56 Å². The van der Waals surface area contributed by atoms with Gasteiger partial charge in [0.05, 0.1) is 0 Å². The SMILES string of the molecule is CCCCCc1ccc(-c2ccc(C(=N)N)cc2)cc1. The van der Waals surface area contributed by atoms with Crippen LogP contribution in [0.5, 0.6) is 0 Å². The molecule has 0 aromatic heterocycles. The molecule has 0 bridgehead atoms. The summed E-state index contributed by atoms with van der Waals surface area (Å²) < 4.78 is 0. The fraction of sp³-hybridized carbons (Fsp3) is 0.278. The van der Waals surface area contributed by atoms with Crippen LogP contribution in [0, 0.1) is 5.41 Å². The number of unbranched alkanes of at least 4 members (excludes halogenated alkanes) is 2. The first kappa shape index (κ1) is 14.3. The topological polar surface area (TPSA) is 49.9 Å². The van der Waals surface area contributed by atoms with Gasteiger partial charge in [-0.3, -0.25) is 5.41 Å². The Morgan fingerprint density at radius 3 is 1.95 bits per heavy atom. The zero-order valence-electron chi connectivity index (χ0n) is 12.0. The molecule has 2 aromatic rings. The van der Waals surface area contributed by atoms with Crippen molar-refractivity contribution in [3.05, 3.63) is 59.7 Å². The Morgan fingerprint density at radius 1 is 0.900 bits per heavy atom. The highest BCUT2D eigenvalue weighted by molar-refractivity contribution is 5.95. The lowest BCUT2D eigenvalue weighted by Gasteiger charge is -2.06. The van der Waals surface area contributed by atoms with Gasteiger partial charge in [-0.15, -0.1) is 0 Å². The van der Waals surface area contributed by atoms with E-state index in [0.717, 1.165) is 17.5 Å². The maximum atomic E-state index is 7.40. The summed E-state index contributed by atoms with van der Waals surface area (Å²) >= 11 is 0. The van der Waals surface area contributed by atoms with Gasteiger partial charge in [0.25, 0.3) is 0 Å². The molecular formula is C18H22N2. The lowest BCUT2D eigenvalue weighted by molar-refractivity contribution is 0.717. The van der Waals surface area contributed by atoms with E-state index in [9.17, 15) is 0 Å². The van der Waals surface area contributed by atoms with Crippen LogP contribution < -0.4 is 5.73 Å². The van der Waals surface area contributed by atoms with Gasteiger partial charge in [-0.25, -0.2) is 0 Å². The Labute approximate surface area is 121 Å². The van der Waals surface area contributed by atoms with Crippen molar-refractivity contribution in [1.82, 2.24) is 0 Å². The van der Waals surface area contributed by atoms with E-state index in [1.54, 1.807) is 0 Å². The molecule has 0 saturated heterocycles. The molecule has 2 rings (SSSR count). The van der Waals surface area contributed by atoms with Gasteiger partial charge in [0.15, 0.2) is 0 Å². The average molecular weight is 266 g/mol. The molecule has 0 aliphatic carbocycles. The minimum absolute atomic E-state index is 0.114. The van der Waals surface area contributed by atoms with Crippen LogP contribution in [-0.2, 0) is 6.42 Å². The molecule has 0 fully saturated rings. The number of nitrogen functional groups attached to an aromatic ring is 1. The van der Waals surface area contributed by atoms with Crippen LogP contribution in [0.2, 0.25) is 0 Å². The average Bonchev–Trinajstić information content (AvgIpc) is 2.48. The predicted molar refractivity (Wildman–Crippen MR) is 86.1 cm³/mol. The van der Waals surface area contributed by atoms with Gasteiger partial charge in [0.2, 0.25) is 0 Å². The molecule has 0 unspecified atom stereocenters. The van der Waals surface area contributed by atoms with E-state index in [4.69, 9.17) is 11.1 Å². The van der Waals surface area contributed by atoms with Crippen molar-refractivity contribution in [2.24, 2.45) is 5.73 Å². The third-order valence-corrected chi connectivity index (χ3v) is 3.55. The molecule has 0 spiro atoms. The van der Waals surface area contributed by atoms with Gasteiger partial charge < -0.3 is 5.73 Å². The van der Waals surface area contributed by atoms with E-state index < -0.39 is 0 Å². The van der Waals surface area contributed by atoms with E-state index in [1.807, 2.05) is 24.3 Å². The van der Waals surface area contributed by atoms with Crippen LogP contribution in [0.4, 0.5) is 0 Å². The number of amidine groups is 1. The number of aryl methyl sites for hydroxylation is 1. The van der Waals surface area contributed by atoms with Crippen LogP contribution in [-0.4, -0.2) is 5.84 Å². The first-order valence-electron chi connectivity index (χ1n) is 7.24. The van der Waals surface area contributed by atoms with Gasteiger partial charge in [-0.2, -0.15) is 0 Å². The predicted octanol–water partition coefficient (Wildman–Crippen LogP) is 4.37. The molecular weight excluding hydrogens is 244 g/mol. The first-order chi connectivity index (χ1) is 9.70. The third-order valence-electron chi connectivity index (χ3n) is 3.55. The molecule has 0 atom stereocenters. The Hall–Kier alpha value is -2.09. The van der Waals surface area contributed by atoms with Crippen molar-refractivity contribution in [3.8, 4) is 11.1 Å². The summed E-state index contributed by atoms with van der Waals surface area (Å²) in [6, 6.07) is 16.6. The van der Waals surface area contributed by atoms with Crippen molar-refractivity contribution < 1.29 is 0 Å². The molecule has 0 heterocycles. The van der Waals surface area contributed by atoms with Gasteiger partial charge in [-0.05, 0) is 29.5 Å². The summed E-state index contributed by atoms with van der Waals surface area (Å²) in [6.07, 6.45) is 5.00. The normalized spacial score (nSPS) is 10.4. The summed E-state index contributed by atoms with van der Waals surface area (Å²) in [4.78, 5) is 0. The lowest BCUT2D eigenvalue weighted by atomic mass is 10.0. The van der Waals surface area contributed by atoms with Gasteiger partial charge in [0.1, 0.15) is 5.84 Å². The summed E-state index contributed by atoms with van der Waals surface area (Å²) in [5, 5.41) is 7.40. The minimum atomic E-state index is 0.114. The van der Waals surface area contributed by atoms with Crippen molar-refractivity contribution in [2.75, 3.05) is 0 Å². The maximum Gasteiger partial charge on any atom is 0.122 e. The second kappa shape index (κ2) is 6.90. The quantitative estimate of drug-likeness (QED) is 0.455. The van der Waals surface area contributed by atoms with Gasteiger partial charge in [-0.1, -0.05) is 68.3 Å². The van der Waals surface area contributed by atoms with Crippen molar-refractivity contribution >= 4 is 5.84 Å². The highest BCUT2D eigenvalue weighted by Gasteiger charge is 2.00. The molecule has 2 heteroatoms. The molecule has 0 saturated carbocycles. The number of nitrogens with two attached hydrogens (primary N) is 1. The zero-order chi connectivity index (χ0) is 14.4. The van der Waals surface area contributed by atoms with E-state index in [-0.39, 0.29) is 5.84 Å². The lowest BCUT2D eigenvalue weighted by Crippen LogP contribution is -2.10. The van der Waals surface area contributed by atoms with Crippen LogP contribution in [0.25, 0.3) is 11.1 Å². The number of hydrogen-bond acceptors (Lipinski definition) is 1. The van der Waals surface area contributed by atoms with E-state index in [2.05, 4.69) is 31.2 Å². The Morgan fingerprint density at radius 2 is 1.45 bits per heavy atom. The van der Waals surface area contributed by atoms with Crippen LogP contribution in [0.3, 0.4) is 0 Å². The zero-order valence-corrected chi connectivity index (χ0v) is 12.0. The maximum absolute atomic E-state index is 7.40. The summed E-state index contributed by atoms with van der Waals surface area (Å²) in [7, 11) is 0. The fourth-order valence-corrected chi connectivity index (χ4v) is 2.29. The third kappa shape index (κ3) is 3.70. The number of hydrogen-bond donors (Lipinski definition) is 2.